The van der Waals surface area contributed by atoms with Crippen molar-refractivity contribution in [2.75, 3.05) is 38.5 Å². The van der Waals surface area contributed by atoms with E-state index < -0.39 is 9.84 Å². The Hall–Kier alpha value is -0.870. The van der Waals surface area contributed by atoms with E-state index in [1.165, 1.54) is 19.3 Å². The van der Waals surface area contributed by atoms with Crippen LogP contribution in [0.1, 0.15) is 46.5 Å². The molecule has 0 spiro atoms. The van der Waals surface area contributed by atoms with Crippen molar-refractivity contribution in [2.45, 2.75) is 56.9 Å². The van der Waals surface area contributed by atoms with E-state index in [2.05, 4.69) is 29.4 Å². The average Bonchev–Trinajstić information content (AvgIpc) is 2.70. The van der Waals surface area contributed by atoms with E-state index in [1.807, 2.05) is 13.0 Å². The quantitative estimate of drug-likeness (QED) is 0.219. The number of rotatable bonds is 9. The predicted molar refractivity (Wildman–Crippen MR) is 132 cm³/mol. The van der Waals surface area contributed by atoms with Gasteiger partial charge in [0.15, 0.2) is 15.8 Å². The molecule has 1 aliphatic heterocycles. The Morgan fingerprint density at radius 3 is 2.38 bits per heavy atom. The van der Waals surface area contributed by atoms with Gasteiger partial charge in [0, 0.05) is 18.6 Å². The van der Waals surface area contributed by atoms with Gasteiger partial charge in [-0.1, -0.05) is 24.6 Å². The van der Waals surface area contributed by atoms with Crippen LogP contribution in [0.15, 0.2) is 40.2 Å². The molecule has 166 valence electrons. The average molecular weight is 537 g/mol. The third-order valence-electron chi connectivity index (χ3n) is 5.17. The van der Waals surface area contributed by atoms with Gasteiger partial charge in [0.1, 0.15) is 0 Å². The molecule has 2 N–H and O–H groups in total. The second-order valence-electron chi connectivity index (χ2n) is 7.97. The van der Waals surface area contributed by atoms with Crippen LogP contribution in [0.25, 0.3) is 0 Å². The molecule has 1 saturated heterocycles. The standard InChI is InChI=1S/C21H36N4O2S.HI/c1-4-22-20(24-18-21(2,3)25-15-9-6-10-16-25)23-14-11-17-28(26,27)19-12-7-5-8-13-19;/h5,7-8,12-13H,4,6,9-11,14-18H2,1-3H3,(H2,22,23,24);1H. The van der Waals surface area contributed by atoms with Gasteiger partial charge in [-0.05, 0) is 65.3 Å². The molecule has 1 aliphatic rings. The molecule has 1 aromatic rings. The first-order chi connectivity index (χ1) is 13.3. The topological polar surface area (TPSA) is 73.8 Å². The number of halogens is 1. The van der Waals surface area contributed by atoms with Gasteiger partial charge in [0.2, 0.25) is 0 Å². The van der Waals surface area contributed by atoms with Crippen LogP contribution in [0.4, 0.5) is 0 Å². The van der Waals surface area contributed by atoms with E-state index in [0.717, 1.165) is 25.6 Å². The summed E-state index contributed by atoms with van der Waals surface area (Å²) in [5, 5.41) is 6.53. The van der Waals surface area contributed by atoms with E-state index in [-0.39, 0.29) is 35.3 Å². The molecule has 1 heterocycles. The van der Waals surface area contributed by atoms with Crippen molar-refractivity contribution in [2.24, 2.45) is 4.99 Å². The number of nitrogens with zero attached hydrogens (tertiary/aromatic N) is 2. The molecule has 0 saturated carbocycles. The first kappa shape index (κ1) is 26.2. The van der Waals surface area contributed by atoms with E-state index in [1.54, 1.807) is 24.3 Å². The Balaban J connectivity index is 0.00000420. The minimum absolute atomic E-state index is 0. The Bertz CT molecular complexity index is 717. The summed E-state index contributed by atoms with van der Waals surface area (Å²) in [7, 11) is -3.23. The monoisotopic (exact) mass is 536 g/mol. The van der Waals surface area contributed by atoms with Gasteiger partial charge in [-0.15, -0.1) is 24.0 Å². The second kappa shape index (κ2) is 12.7. The number of guanidine groups is 1. The second-order valence-corrected chi connectivity index (χ2v) is 10.1. The number of aliphatic imine (C=N–C) groups is 1. The molecule has 0 aliphatic carbocycles. The van der Waals surface area contributed by atoms with Gasteiger partial charge in [0.25, 0.3) is 0 Å². The third-order valence-corrected chi connectivity index (χ3v) is 6.98. The number of hydrogen-bond donors (Lipinski definition) is 2. The number of sulfone groups is 1. The minimum atomic E-state index is -3.23. The van der Waals surface area contributed by atoms with Crippen molar-refractivity contribution >= 4 is 39.8 Å². The Morgan fingerprint density at radius 2 is 1.76 bits per heavy atom. The molecule has 6 nitrogen and oxygen atoms in total. The Morgan fingerprint density at radius 1 is 1.10 bits per heavy atom. The van der Waals surface area contributed by atoms with Crippen LogP contribution in [0, 0.1) is 0 Å². The molecule has 1 aromatic carbocycles. The smallest absolute Gasteiger partial charge is 0.191 e. The van der Waals surface area contributed by atoms with Crippen molar-refractivity contribution in [3.05, 3.63) is 30.3 Å². The fraction of sp³-hybridized carbons (Fsp3) is 0.667. The van der Waals surface area contributed by atoms with E-state index in [4.69, 9.17) is 4.99 Å². The number of piperidine rings is 1. The zero-order valence-corrected chi connectivity index (χ0v) is 21.1. The molecular weight excluding hydrogens is 499 g/mol. The summed E-state index contributed by atoms with van der Waals surface area (Å²) in [4.78, 5) is 7.67. The highest BCUT2D eigenvalue weighted by molar-refractivity contribution is 14.0. The van der Waals surface area contributed by atoms with Crippen molar-refractivity contribution < 1.29 is 8.42 Å². The molecular formula is C21H37IN4O2S. The largest absolute Gasteiger partial charge is 0.357 e. The fourth-order valence-electron chi connectivity index (χ4n) is 3.43. The number of benzene rings is 1. The lowest BCUT2D eigenvalue weighted by Crippen LogP contribution is -2.49. The van der Waals surface area contributed by atoms with E-state index in [0.29, 0.717) is 24.4 Å². The van der Waals surface area contributed by atoms with Gasteiger partial charge in [-0.2, -0.15) is 0 Å². The normalized spacial score (nSPS) is 16.2. The van der Waals surface area contributed by atoms with Gasteiger partial charge >= 0.3 is 0 Å². The molecule has 0 aromatic heterocycles. The van der Waals surface area contributed by atoms with Gasteiger partial charge in [0.05, 0.1) is 17.2 Å². The molecule has 0 unspecified atom stereocenters. The molecule has 8 heteroatoms. The van der Waals surface area contributed by atoms with Crippen LogP contribution < -0.4 is 10.6 Å². The molecule has 0 bridgehead atoms. The molecule has 0 amide bonds. The molecule has 0 atom stereocenters. The maximum atomic E-state index is 12.4. The maximum absolute atomic E-state index is 12.4. The van der Waals surface area contributed by atoms with E-state index in [9.17, 15) is 8.42 Å². The molecule has 29 heavy (non-hydrogen) atoms. The maximum Gasteiger partial charge on any atom is 0.191 e. The summed E-state index contributed by atoms with van der Waals surface area (Å²) in [5.74, 6) is 0.882. The van der Waals surface area contributed by atoms with Crippen LogP contribution >= 0.6 is 24.0 Å². The van der Waals surface area contributed by atoms with Crippen LogP contribution in [0.5, 0.6) is 0 Å². The highest BCUT2D eigenvalue weighted by Gasteiger charge is 2.27. The highest BCUT2D eigenvalue weighted by Crippen LogP contribution is 2.20. The lowest BCUT2D eigenvalue weighted by molar-refractivity contribution is 0.102. The van der Waals surface area contributed by atoms with Crippen molar-refractivity contribution in [3.8, 4) is 0 Å². The van der Waals surface area contributed by atoms with Gasteiger partial charge < -0.3 is 10.6 Å². The number of likely N-dealkylation sites (tertiary alicyclic amines) is 1. The lowest BCUT2D eigenvalue weighted by Gasteiger charge is -2.40. The summed E-state index contributed by atoms with van der Waals surface area (Å²) in [6.07, 6.45) is 4.39. The summed E-state index contributed by atoms with van der Waals surface area (Å²) in [6, 6.07) is 8.63. The summed E-state index contributed by atoms with van der Waals surface area (Å²) in [6.45, 7) is 10.9. The summed E-state index contributed by atoms with van der Waals surface area (Å²) in [5.41, 5.74) is 0.0272. The van der Waals surface area contributed by atoms with Gasteiger partial charge in [-0.25, -0.2) is 8.42 Å². The summed E-state index contributed by atoms with van der Waals surface area (Å²) < 4.78 is 24.7. The zero-order valence-electron chi connectivity index (χ0n) is 18.0. The first-order valence-electron chi connectivity index (χ1n) is 10.4. The molecule has 1 fully saturated rings. The molecule has 0 radical (unpaired) electrons. The number of hydrogen-bond acceptors (Lipinski definition) is 4. The SMILES string of the molecule is CCNC(=NCC(C)(C)N1CCCCC1)NCCCS(=O)(=O)c1ccccc1.I. The van der Waals surface area contributed by atoms with Crippen molar-refractivity contribution in [1.29, 1.82) is 0 Å². The van der Waals surface area contributed by atoms with Crippen LogP contribution in [-0.4, -0.2) is 63.3 Å². The van der Waals surface area contributed by atoms with Crippen LogP contribution in [-0.2, 0) is 9.84 Å². The van der Waals surface area contributed by atoms with Crippen LogP contribution in [0.3, 0.4) is 0 Å². The van der Waals surface area contributed by atoms with Crippen LogP contribution in [0.2, 0.25) is 0 Å². The fourth-order valence-corrected chi connectivity index (χ4v) is 4.76. The van der Waals surface area contributed by atoms with Crippen molar-refractivity contribution in [1.82, 2.24) is 15.5 Å². The minimum Gasteiger partial charge on any atom is -0.357 e. The third kappa shape index (κ3) is 8.80. The van der Waals surface area contributed by atoms with Gasteiger partial charge in [-0.3, -0.25) is 9.89 Å². The first-order valence-corrected chi connectivity index (χ1v) is 12.1. The van der Waals surface area contributed by atoms with E-state index >= 15 is 0 Å². The predicted octanol–water partition coefficient (Wildman–Crippen LogP) is 3.29. The zero-order chi connectivity index (χ0) is 20.5. The highest BCUT2D eigenvalue weighted by atomic mass is 127. The molecule has 2 rings (SSSR count). The Kier molecular flexibility index (Phi) is 11.5. The van der Waals surface area contributed by atoms with Crippen molar-refractivity contribution in [3.63, 3.8) is 0 Å². The summed E-state index contributed by atoms with van der Waals surface area (Å²) >= 11 is 0. The Labute approximate surface area is 193 Å². The lowest BCUT2D eigenvalue weighted by atomic mass is 9.99. The number of nitrogens with one attached hydrogen (secondary N) is 2.